The molecule has 296 valence electrons. The van der Waals surface area contributed by atoms with Crippen LogP contribution in [0.25, 0.3) is 93.9 Å². The Morgan fingerprint density at radius 3 is 1.46 bits per heavy atom. The quantitative estimate of drug-likeness (QED) is 0.153. The molecule has 0 fully saturated rings. The van der Waals surface area contributed by atoms with E-state index in [0.717, 1.165) is 66.9 Å². The molecule has 3 nitrogen and oxygen atoms in total. The summed E-state index contributed by atoms with van der Waals surface area (Å²) >= 11 is 0. The lowest BCUT2D eigenvalue weighted by molar-refractivity contribution is 0.669. The van der Waals surface area contributed by atoms with E-state index in [4.69, 9.17) is 4.42 Å². The van der Waals surface area contributed by atoms with Gasteiger partial charge in [0.2, 0.25) is 0 Å². The number of hydrogen-bond acceptors (Lipinski definition) is 2. The average molecular weight is 805 g/mol. The molecule has 10 aromatic carbocycles. The first-order valence-corrected chi connectivity index (χ1v) is 21.5. The Balaban J connectivity index is 0.908. The summed E-state index contributed by atoms with van der Waals surface area (Å²) in [6.07, 6.45) is 0. The molecule has 0 bridgehead atoms. The third-order valence-electron chi connectivity index (χ3n) is 12.4. The van der Waals surface area contributed by atoms with Gasteiger partial charge in [-0.25, -0.2) is 0 Å². The standard InChI is InChI=1S/C60H40N2O/c1-2-13-41(14-3-1)42-31-35-48(36-32-42)61(49-37-33-44(34-38-49)47-16-11-18-51(40-47)62-56-23-7-4-19-53(56)54-20-5-8-24-57(54)62)50-17-10-15-46(39-50)43-27-29-45(30-28-43)52-22-12-26-59-60(52)55-21-6-9-25-58(55)63-59/h1-40H. The fourth-order valence-electron chi connectivity index (χ4n) is 9.39. The van der Waals surface area contributed by atoms with Crippen LogP contribution in [0, 0.1) is 0 Å². The topological polar surface area (TPSA) is 21.3 Å². The first-order chi connectivity index (χ1) is 31.2. The van der Waals surface area contributed by atoms with E-state index in [0.29, 0.717) is 0 Å². The Hall–Kier alpha value is -8.40. The molecule has 0 saturated heterocycles. The van der Waals surface area contributed by atoms with Gasteiger partial charge in [-0.3, -0.25) is 0 Å². The molecule has 0 aliphatic rings. The molecular weight excluding hydrogens is 765 g/mol. The van der Waals surface area contributed by atoms with Gasteiger partial charge in [-0.05, 0) is 117 Å². The van der Waals surface area contributed by atoms with Crippen molar-refractivity contribution >= 4 is 60.8 Å². The molecule has 2 aromatic heterocycles. The van der Waals surface area contributed by atoms with Crippen LogP contribution in [0.3, 0.4) is 0 Å². The van der Waals surface area contributed by atoms with E-state index < -0.39 is 0 Å². The minimum atomic E-state index is 0.906. The van der Waals surface area contributed by atoms with E-state index >= 15 is 0 Å². The molecule has 0 aliphatic heterocycles. The van der Waals surface area contributed by atoms with Crippen LogP contribution in [-0.4, -0.2) is 4.57 Å². The average Bonchev–Trinajstić information content (AvgIpc) is 3.91. The molecule has 0 unspecified atom stereocenters. The van der Waals surface area contributed by atoms with Crippen molar-refractivity contribution in [3.8, 4) is 50.2 Å². The second kappa shape index (κ2) is 15.3. The van der Waals surface area contributed by atoms with Crippen molar-refractivity contribution in [1.29, 1.82) is 0 Å². The summed E-state index contributed by atoms with van der Waals surface area (Å²) < 4.78 is 8.59. The van der Waals surface area contributed by atoms with Crippen molar-refractivity contribution < 1.29 is 4.42 Å². The van der Waals surface area contributed by atoms with Gasteiger partial charge in [0.15, 0.2) is 0 Å². The predicted octanol–water partition coefficient (Wildman–Crippen LogP) is 16.8. The van der Waals surface area contributed by atoms with Crippen molar-refractivity contribution in [3.05, 3.63) is 243 Å². The monoisotopic (exact) mass is 804 g/mol. The Bertz CT molecular complexity index is 3550. The van der Waals surface area contributed by atoms with E-state index in [1.54, 1.807) is 0 Å². The first-order valence-electron chi connectivity index (χ1n) is 21.5. The molecule has 12 rings (SSSR count). The van der Waals surface area contributed by atoms with E-state index in [1.165, 1.54) is 44.1 Å². The maximum atomic E-state index is 6.21. The Morgan fingerprint density at radius 1 is 0.302 bits per heavy atom. The zero-order valence-electron chi connectivity index (χ0n) is 34.4. The largest absolute Gasteiger partial charge is 0.456 e. The summed E-state index contributed by atoms with van der Waals surface area (Å²) in [6, 6.07) is 87.1. The molecule has 0 atom stereocenters. The predicted molar refractivity (Wildman–Crippen MR) is 264 cm³/mol. The lowest BCUT2D eigenvalue weighted by Gasteiger charge is -2.26. The van der Waals surface area contributed by atoms with Gasteiger partial charge in [-0.15, -0.1) is 0 Å². The minimum Gasteiger partial charge on any atom is -0.456 e. The van der Waals surface area contributed by atoms with Gasteiger partial charge >= 0.3 is 0 Å². The van der Waals surface area contributed by atoms with Gasteiger partial charge in [0.1, 0.15) is 11.2 Å². The van der Waals surface area contributed by atoms with Crippen LogP contribution < -0.4 is 4.90 Å². The van der Waals surface area contributed by atoms with Crippen molar-refractivity contribution in [1.82, 2.24) is 4.57 Å². The Labute approximate surface area is 366 Å². The zero-order chi connectivity index (χ0) is 41.7. The van der Waals surface area contributed by atoms with Crippen LogP contribution in [0.1, 0.15) is 0 Å². The summed E-state index contributed by atoms with van der Waals surface area (Å²) in [5.41, 5.74) is 18.0. The number of nitrogens with zero attached hydrogens (tertiary/aromatic N) is 2. The van der Waals surface area contributed by atoms with Crippen LogP contribution in [0.2, 0.25) is 0 Å². The van der Waals surface area contributed by atoms with Crippen LogP contribution in [0.5, 0.6) is 0 Å². The van der Waals surface area contributed by atoms with Gasteiger partial charge in [0.05, 0.1) is 11.0 Å². The number of anilines is 3. The summed E-state index contributed by atoms with van der Waals surface area (Å²) in [5.74, 6) is 0. The number of hydrogen-bond donors (Lipinski definition) is 0. The van der Waals surface area contributed by atoms with Gasteiger partial charge in [-0.1, -0.05) is 170 Å². The molecule has 63 heavy (non-hydrogen) atoms. The van der Waals surface area contributed by atoms with Crippen LogP contribution >= 0.6 is 0 Å². The summed E-state index contributed by atoms with van der Waals surface area (Å²) in [6.45, 7) is 0. The third-order valence-corrected chi connectivity index (χ3v) is 12.4. The molecule has 12 aromatic rings. The van der Waals surface area contributed by atoms with Gasteiger partial charge in [0, 0.05) is 44.3 Å². The highest BCUT2D eigenvalue weighted by Gasteiger charge is 2.17. The van der Waals surface area contributed by atoms with E-state index in [9.17, 15) is 0 Å². The molecule has 0 radical (unpaired) electrons. The van der Waals surface area contributed by atoms with Crippen LogP contribution in [0.15, 0.2) is 247 Å². The Morgan fingerprint density at radius 2 is 0.778 bits per heavy atom. The van der Waals surface area contributed by atoms with Gasteiger partial charge in [-0.2, -0.15) is 0 Å². The summed E-state index contributed by atoms with van der Waals surface area (Å²) in [7, 11) is 0. The number of furan rings is 1. The fourth-order valence-corrected chi connectivity index (χ4v) is 9.39. The van der Waals surface area contributed by atoms with Crippen molar-refractivity contribution in [2.24, 2.45) is 0 Å². The normalized spacial score (nSPS) is 11.5. The van der Waals surface area contributed by atoms with Crippen molar-refractivity contribution in [3.63, 3.8) is 0 Å². The Kier molecular flexibility index (Phi) is 8.83. The maximum Gasteiger partial charge on any atom is 0.136 e. The van der Waals surface area contributed by atoms with E-state index in [1.807, 2.05) is 12.1 Å². The fraction of sp³-hybridized carbons (Fsp3) is 0. The SMILES string of the molecule is c1ccc(-c2ccc(N(c3ccc(-c4cccc(-n5c6ccccc6c6ccccc65)c4)cc3)c3cccc(-c4ccc(-c5cccc6oc7ccccc7c56)cc4)c3)cc2)cc1. The highest BCUT2D eigenvalue weighted by molar-refractivity contribution is 6.12. The highest BCUT2D eigenvalue weighted by Crippen LogP contribution is 2.41. The number of aromatic nitrogens is 1. The molecule has 0 saturated carbocycles. The van der Waals surface area contributed by atoms with Gasteiger partial charge < -0.3 is 13.9 Å². The van der Waals surface area contributed by atoms with Crippen molar-refractivity contribution in [2.75, 3.05) is 4.90 Å². The minimum absolute atomic E-state index is 0.906. The van der Waals surface area contributed by atoms with E-state index in [-0.39, 0.29) is 0 Å². The zero-order valence-corrected chi connectivity index (χ0v) is 34.4. The van der Waals surface area contributed by atoms with E-state index in [2.05, 4.69) is 240 Å². The second-order valence-corrected chi connectivity index (χ2v) is 16.1. The molecule has 3 heteroatoms. The molecule has 0 aliphatic carbocycles. The molecule has 0 spiro atoms. The lowest BCUT2D eigenvalue weighted by Crippen LogP contribution is -2.10. The first kappa shape index (κ1) is 36.5. The molecule has 2 heterocycles. The lowest BCUT2D eigenvalue weighted by atomic mass is 9.96. The number of benzene rings is 10. The molecule has 0 amide bonds. The van der Waals surface area contributed by atoms with Gasteiger partial charge in [0.25, 0.3) is 0 Å². The van der Waals surface area contributed by atoms with Crippen molar-refractivity contribution in [2.45, 2.75) is 0 Å². The highest BCUT2D eigenvalue weighted by atomic mass is 16.3. The summed E-state index contributed by atoms with van der Waals surface area (Å²) in [5, 5.41) is 4.81. The second-order valence-electron chi connectivity index (χ2n) is 16.1. The number of rotatable bonds is 8. The number of fused-ring (bicyclic) bond motifs is 6. The third kappa shape index (κ3) is 6.46. The molecular formula is C60H40N2O. The molecule has 0 N–H and O–H groups in total. The maximum absolute atomic E-state index is 6.21. The number of para-hydroxylation sites is 3. The summed E-state index contributed by atoms with van der Waals surface area (Å²) in [4.78, 5) is 2.36. The van der Waals surface area contributed by atoms with Crippen LogP contribution in [0.4, 0.5) is 17.1 Å². The smallest absolute Gasteiger partial charge is 0.136 e. The van der Waals surface area contributed by atoms with Crippen LogP contribution in [-0.2, 0) is 0 Å².